The zero-order chi connectivity index (χ0) is 14.5. The maximum atomic E-state index is 12.1. The van der Waals surface area contributed by atoms with Gasteiger partial charge in [0.05, 0.1) is 13.2 Å². The van der Waals surface area contributed by atoms with Gasteiger partial charge in [0.1, 0.15) is 17.1 Å². The first-order valence-electron chi connectivity index (χ1n) is 5.57. The molecule has 1 rings (SSSR count). The second-order valence-electron chi connectivity index (χ2n) is 3.36. The Kier molecular flexibility index (Phi) is 5.02. The number of benzene rings is 1. The standard InChI is InChI=1S/C12H13F3O4/c1-3-17-10-6-5-8(19-12(13,14)15)7-9(10)11(16)18-4-2/h5-7H,3-4H2,1-2H3. The van der Waals surface area contributed by atoms with Crippen molar-refractivity contribution < 1.29 is 32.2 Å². The van der Waals surface area contributed by atoms with Gasteiger partial charge in [-0.2, -0.15) is 0 Å². The van der Waals surface area contributed by atoms with Gasteiger partial charge in [0, 0.05) is 0 Å². The van der Waals surface area contributed by atoms with Crippen molar-refractivity contribution in [2.24, 2.45) is 0 Å². The van der Waals surface area contributed by atoms with E-state index in [-0.39, 0.29) is 24.5 Å². The van der Waals surface area contributed by atoms with Crippen LogP contribution >= 0.6 is 0 Å². The average molecular weight is 278 g/mol. The average Bonchev–Trinajstić information content (AvgIpc) is 2.29. The molecular formula is C12H13F3O4. The van der Waals surface area contributed by atoms with E-state index in [1.807, 2.05) is 0 Å². The lowest BCUT2D eigenvalue weighted by Gasteiger charge is -2.13. The van der Waals surface area contributed by atoms with Crippen molar-refractivity contribution in [1.29, 1.82) is 0 Å². The molecule has 0 N–H and O–H groups in total. The van der Waals surface area contributed by atoms with Gasteiger partial charge in [0.15, 0.2) is 0 Å². The quantitative estimate of drug-likeness (QED) is 0.776. The Hall–Kier alpha value is -1.92. The predicted octanol–water partition coefficient (Wildman–Crippen LogP) is 3.16. The van der Waals surface area contributed by atoms with E-state index in [0.29, 0.717) is 0 Å². The van der Waals surface area contributed by atoms with Crippen LogP contribution in [0.5, 0.6) is 11.5 Å². The van der Waals surface area contributed by atoms with Crippen molar-refractivity contribution in [2.45, 2.75) is 20.2 Å². The van der Waals surface area contributed by atoms with Crippen molar-refractivity contribution in [3.05, 3.63) is 23.8 Å². The summed E-state index contributed by atoms with van der Waals surface area (Å²) in [6.45, 7) is 3.66. The zero-order valence-electron chi connectivity index (χ0n) is 10.4. The van der Waals surface area contributed by atoms with E-state index in [9.17, 15) is 18.0 Å². The van der Waals surface area contributed by atoms with E-state index >= 15 is 0 Å². The van der Waals surface area contributed by atoms with Crippen molar-refractivity contribution in [1.82, 2.24) is 0 Å². The van der Waals surface area contributed by atoms with Crippen LogP contribution in [0.2, 0.25) is 0 Å². The molecule has 0 amide bonds. The molecule has 0 atom stereocenters. The van der Waals surface area contributed by atoms with E-state index in [2.05, 4.69) is 4.74 Å². The molecule has 19 heavy (non-hydrogen) atoms. The number of esters is 1. The number of hydrogen-bond acceptors (Lipinski definition) is 4. The topological polar surface area (TPSA) is 44.8 Å². The molecule has 4 nitrogen and oxygen atoms in total. The first-order chi connectivity index (χ1) is 8.87. The van der Waals surface area contributed by atoms with Crippen LogP contribution in [0.4, 0.5) is 13.2 Å². The Morgan fingerprint density at radius 1 is 1.21 bits per heavy atom. The molecule has 7 heteroatoms. The third kappa shape index (κ3) is 4.69. The summed E-state index contributed by atoms with van der Waals surface area (Å²) < 4.78 is 49.9. The highest BCUT2D eigenvalue weighted by atomic mass is 19.4. The third-order valence-electron chi connectivity index (χ3n) is 1.98. The molecule has 0 radical (unpaired) electrons. The van der Waals surface area contributed by atoms with Gasteiger partial charge in [-0.1, -0.05) is 0 Å². The van der Waals surface area contributed by atoms with E-state index < -0.39 is 18.1 Å². The minimum Gasteiger partial charge on any atom is -0.493 e. The summed E-state index contributed by atoms with van der Waals surface area (Å²) in [4.78, 5) is 11.6. The summed E-state index contributed by atoms with van der Waals surface area (Å²) in [6, 6.07) is 3.24. The van der Waals surface area contributed by atoms with Gasteiger partial charge in [-0.05, 0) is 32.0 Å². The number of alkyl halides is 3. The normalized spacial score (nSPS) is 11.0. The van der Waals surface area contributed by atoms with Gasteiger partial charge in [-0.25, -0.2) is 4.79 Å². The number of hydrogen-bond donors (Lipinski definition) is 0. The molecular weight excluding hydrogens is 265 g/mol. The van der Waals surface area contributed by atoms with E-state index in [1.165, 1.54) is 6.07 Å². The fourth-order valence-corrected chi connectivity index (χ4v) is 1.36. The predicted molar refractivity (Wildman–Crippen MR) is 60.3 cm³/mol. The molecule has 106 valence electrons. The number of carbonyl (C=O) groups is 1. The highest BCUT2D eigenvalue weighted by Crippen LogP contribution is 2.29. The Morgan fingerprint density at radius 2 is 1.89 bits per heavy atom. The molecule has 0 unspecified atom stereocenters. The molecule has 1 aromatic rings. The Bertz CT molecular complexity index is 443. The maximum absolute atomic E-state index is 12.1. The number of rotatable bonds is 5. The molecule has 1 aromatic carbocycles. The van der Waals surface area contributed by atoms with Crippen molar-refractivity contribution in [3.63, 3.8) is 0 Å². The molecule has 0 saturated heterocycles. The van der Waals surface area contributed by atoms with Crippen LogP contribution in [0.25, 0.3) is 0 Å². The second kappa shape index (κ2) is 6.31. The number of carbonyl (C=O) groups excluding carboxylic acids is 1. The van der Waals surface area contributed by atoms with E-state index in [4.69, 9.17) is 9.47 Å². The van der Waals surface area contributed by atoms with Crippen molar-refractivity contribution in [2.75, 3.05) is 13.2 Å². The van der Waals surface area contributed by atoms with Crippen LogP contribution in [0, 0.1) is 0 Å². The summed E-state index contributed by atoms with van der Waals surface area (Å²) in [5.74, 6) is -1.12. The Labute approximate surface area is 108 Å². The van der Waals surface area contributed by atoms with E-state index in [0.717, 1.165) is 12.1 Å². The smallest absolute Gasteiger partial charge is 0.493 e. The van der Waals surface area contributed by atoms with Crippen LogP contribution < -0.4 is 9.47 Å². The zero-order valence-corrected chi connectivity index (χ0v) is 10.4. The van der Waals surface area contributed by atoms with Crippen LogP contribution in [-0.4, -0.2) is 25.5 Å². The number of halogens is 3. The van der Waals surface area contributed by atoms with Crippen LogP contribution in [0.15, 0.2) is 18.2 Å². The summed E-state index contributed by atoms with van der Waals surface area (Å²) in [7, 11) is 0. The maximum Gasteiger partial charge on any atom is 0.573 e. The largest absolute Gasteiger partial charge is 0.573 e. The molecule has 0 heterocycles. The first kappa shape index (κ1) is 15.1. The SMILES string of the molecule is CCOC(=O)c1cc(OC(F)(F)F)ccc1OCC. The molecule has 0 saturated carbocycles. The Morgan fingerprint density at radius 3 is 2.42 bits per heavy atom. The summed E-state index contributed by atoms with van der Waals surface area (Å²) in [6.07, 6.45) is -4.82. The van der Waals surface area contributed by atoms with Gasteiger partial charge >= 0.3 is 12.3 Å². The van der Waals surface area contributed by atoms with Gasteiger partial charge in [-0.3, -0.25) is 0 Å². The van der Waals surface area contributed by atoms with Gasteiger partial charge < -0.3 is 14.2 Å². The molecule has 0 aliphatic rings. The van der Waals surface area contributed by atoms with Crippen LogP contribution in [-0.2, 0) is 4.74 Å². The minimum absolute atomic E-state index is 0.106. The van der Waals surface area contributed by atoms with E-state index in [1.54, 1.807) is 13.8 Å². The molecule has 0 fully saturated rings. The summed E-state index contributed by atoms with van der Waals surface area (Å²) in [5, 5.41) is 0. The van der Waals surface area contributed by atoms with Gasteiger partial charge in [0.25, 0.3) is 0 Å². The second-order valence-corrected chi connectivity index (χ2v) is 3.36. The van der Waals surface area contributed by atoms with Crippen LogP contribution in [0.3, 0.4) is 0 Å². The minimum atomic E-state index is -4.82. The third-order valence-corrected chi connectivity index (χ3v) is 1.98. The monoisotopic (exact) mass is 278 g/mol. The fraction of sp³-hybridized carbons (Fsp3) is 0.417. The van der Waals surface area contributed by atoms with Crippen LogP contribution in [0.1, 0.15) is 24.2 Å². The van der Waals surface area contributed by atoms with Crippen molar-refractivity contribution >= 4 is 5.97 Å². The number of ether oxygens (including phenoxy) is 3. The first-order valence-corrected chi connectivity index (χ1v) is 5.57. The summed E-state index contributed by atoms with van der Waals surface area (Å²) in [5.41, 5.74) is -0.106. The van der Waals surface area contributed by atoms with Gasteiger partial charge in [0.2, 0.25) is 0 Å². The lowest BCUT2D eigenvalue weighted by atomic mass is 10.2. The molecule has 0 aromatic heterocycles. The lowest BCUT2D eigenvalue weighted by molar-refractivity contribution is -0.274. The summed E-state index contributed by atoms with van der Waals surface area (Å²) >= 11 is 0. The lowest BCUT2D eigenvalue weighted by Crippen LogP contribution is -2.17. The molecule has 0 aliphatic heterocycles. The Balaban J connectivity index is 3.07. The highest BCUT2D eigenvalue weighted by molar-refractivity contribution is 5.93. The molecule has 0 bridgehead atoms. The molecule has 0 spiro atoms. The van der Waals surface area contributed by atoms with Crippen molar-refractivity contribution in [3.8, 4) is 11.5 Å². The molecule has 0 aliphatic carbocycles. The fourth-order valence-electron chi connectivity index (χ4n) is 1.36. The highest BCUT2D eigenvalue weighted by Gasteiger charge is 2.31. The van der Waals surface area contributed by atoms with Gasteiger partial charge in [-0.15, -0.1) is 13.2 Å².